The Hall–Kier alpha value is -1.96. The Morgan fingerprint density at radius 3 is 2.65 bits per heavy atom. The number of nitrogens with one attached hydrogen (secondary N) is 1. The molecular weight excluding hydrogens is 320 g/mol. The van der Waals surface area contributed by atoms with Crippen LogP contribution in [0, 0.1) is 0 Å². The quantitative estimate of drug-likeness (QED) is 0.822. The summed E-state index contributed by atoms with van der Waals surface area (Å²) < 4.78 is 33.4. The van der Waals surface area contributed by atoms with Gasteiger partial charge in [0.1, 0.15) is 11.5 Å². The molecule has 1 unspecified atom stereocenters. The van der Waals surface area contributed by atoms with E-state index in [0.717, 1.165) is 0 Å². The SMILES string of the molecule is COc1ccc(NCC(=O)N(C)C2CCS(=O)(=O)C2)c(OC)c1. The minimum absolute atomic E-state index is 0.0428. The summed E-state index contributed by atoms with van der Waals surface area (Å²) in [5.74, 6) is 1.26. The summed E-state index contributed by atoms with van der Waals surface area (Å²) in [4.78, 5) is 13.7. The minimum Gasteiger partial charge on any atom is -0.497 e. The monoisotopic (exact) mass is 342 g/mol. The number of carbonyl (C=O) groups excluding carboxylic acids is 1. The molecule has 1 aromatic carbocycles. The molecule has 8 heteroatoms. The van der Waals surface area contributed by atoms with Crippen molar-refractivity contribution < 1.29 is 22.7 Å². The first-order valence-corrected chi connectivity index (χ1v) is 9.10. The van der Waals surface area contributed by atoms with Crippen LogP contribution in [0.2, 0.25) is 0 Å². The van der Waals surface area contributed by atoms with Crippen molar-refractivity contribution in [1.29, 1.82) is 0 Å². The third kappa shape index (κ3) is 4.28. The van der Waals surface area contributed by atoms with Crippen LogP contribution in [0.5, 0.6) is 11.5 Å². The van der Waals surface area contributed by atoms with Crippen molar-refractivity contribution in [2.75, 3.05) is 44.6 Å². The van der Waals surface area contributed by atoms with Crippen LogP contribution < -0.4 is 14.8 Å². The van der Waals surface area contributed by atoms with Crippen LogP contribution in [0.15, 0.2) is 18.2 Å². The molecule has 1 aromatic rings. The number of methoxy groups -OCH3 is 2. The predicted molar refractivity (Wildman–Crippen MR) is 87.9 cm³/mol. The maximum absolute atomic E-state index is 12.2. The van der Waals surface area contributed by atoms with E-state index >= 15 is 0 Å². The Morgan fingerprint density at radius 2 is 2.09 bits per heavy atom. The number of hydrogen-bond acceptors (Lipinski definition) is 6. The summed E-state index contributed by atoms with van der Waals surface area (Å²) in [6.45, 7) is 0.0652. The van der Waals surface area contributed by atoms with Gasteiger partial charge in [0.25, 0.3) is 0 Å². The average Bonchev–Trinajstić information content (AvgIpc) is 2.91. The van der Waals surface area contributed by atoms with Crippen molar-refractivity contribution in [3.05, 3.63) is 18.2 Å². The molecule has 0 spiro atoms. The molecule has 1 N–H and O–H groups in total. The molecule has 1 aliphatic heterocycles. The van der Waals surface area contributed by atoms with Gasteiger partial charge in [-0.15, -0.1) is 0 Å². The molecule has 7 nitrogen and oxygen atoms in total. The Labute approximate surface area is 136 Å². The zero-order valence-electron chi connectivity index (χ0n) is 13.5. The largest absolute Gasteiger partial charge is 0.497 e. The number of hydrogen-bond donors (Lipinski definition) is 1. The molecule has 1 atom stereocenters. The first-order valence-electron chi connectivity index (χ1n) is 7.28. The summed E-state index contributed by atoms with van der Waals surface area (Å²) in [6, 6.07) is 5.01. The molecule has 0 aromatic heterocycles. The lowest BCUT2D eigenvalue weighted by Crippen LogP contribution is -2.40. The van der Waals surface area contributed by atoms with Gasteiger partial charge in [-0.25, -0.2) is 8.42 Å². The lowest BCUT2D eigenvalue weighted by atomic mass is 10.2. The summed E-state index contributed by atoms with van der Waals surface area (Å²) in [5, 5.41) is 3.02. The van der Waals surface area contributed by atoms with Gasteiger partial charge in [0.15, 0.2) is 9.84 Å². The lowest BCUT2D eigenvalue weighted by molar-refractivity contribution is -0.129. The highest BCUT2D eigenvalue weighted by Crippen LogP contribution is 2.28. The number of likely N-dealkylation sites (N-methyl/N-ethyl adjacent to an activating group) is 1. The van der Waals surface area contributed by atoms with Gasteiger partial charge in [0, 0.05) is 19.2 Å². The van der Waals surface area contributed by atoms with Crippen molar-refractivity contribution in [2.45, 2.75) is 12.5 Å². The van der Waals surface area contributed by atoms with Crippen LogP contribution in [0.4, 0.5) is 5.69 Å². The van der Waals surface area contributed by atoms with Crippen molar-refractivity contribution in [1.82, 2.24) is 4.90 Å². The number of nitrogens with zero attached hydrogens (tertiary/aromatic N) is 1. The molecule has 1 amide bonds. The summed E-state index contributed by atoms with van der Waals surface area (Å²) in [7, 11) is 1.74. The van der Waals surface area contributed by atoms with E-state index < -0.39 is 9.84 Å². The fraction of sp³-hybridized carbons (Fsp3) is 0.533. The van der Waals surface area contributed by atoms with Crippen molar-refractivity contribution in [3.63, 3.8) is 0 Å². The smallest absolute Gasteiger partial charge is 0.241 e. The molecular formula is C15H22N2O5S. The van der Waals surface area contributed by atoms with Gasteiger partial charge < -0.3 is 19.7 Å². The number of ether oxygens (including phenoxy) is 2. The molecule has 1 heterocycles. The number of benzene rings is 1. The maximum Gasteiger partial charge on any atom is 0.241 e. The maximum atomic E-state index is 12.2. The van der Waals surface area contributed by atoms with Crippen LogP contribution >= 0.6 is 0 Å². The van der Waals surface area contributed by atoms with Gasteiger partial charge in [0.2, 0.25) is 5.91 Å². The topological polar surface area (TPSA) is 84.9 Å². The molecule has 0 radical (unpaired) electrons. The van der Waals surface area contributed by atoms with Crippen LogP contribution in [0.1, 0.15) is 6.42 Å². The second-order valence-electron chi connectivity index (χ2n) is 5.48. The second-order valence-corrected chi connectivity index (χ2v) is 7.71. The fourth-order valence-corrected chi connectivity index (χ4v) is 4.30. The van der Waals surface area contributed by atoms with Crippen molar-refractivity contribution >= 4 is 21.4 Å². The van der Waals surface area contributed by atoms with Crippen LogP contribution in [-0.4, -0.2) is 64.6 Å². The van der Waals surface area contributed by atoms with Crippen LogP contribution in [0.3, 0.4) is 0 Å². The number of amides is 1. The molecule has 2 rings (SSSR count). The third-order valence-electron chi connectivity index (χ3n) is 3.99. The Bertz CT molecular complexity index is 674. The Kier molecular flexibility index (Phi) is 5.35. The first kappa shape index (κ1) is 17.4. The average molecular weight is 342 g/mol. The predicted octanol–water partition coefficient (Wildman–Crippen LogP) is 0.761. The zero-order chi connectivity index (χ0) is 17.0. The van der Waals surface area contributed by atoms with Gasteiger partial charge in [-0.05, 0) is 18.6 Å². The molecule has 1 aliphatic rings. The molecule has 23 heavy (non-hydrogen) atoms. The van der Waals surface area contributed by atoms with Gasteiger partial charge >= 0.3 is 0 Å². The van der Waals surface area contributed by atoms with E-state index in [1.54, 1.807) is 32.4 Å². The molecule has 1 fully saturated rings. The van der Waals surface area contributed by atoms with Gasteiger partial charge in [-0.1, -0.05) is 0 Å². The first-order chi connectivity index (χ1) is 10.9. The number of rotatable bonds is 6. The van der Waals surface area contributed by atoms with Crippen molar-refractivity contribution in [3.8, 4) is 11.5 Å². The Balaban J connectivity index is 1.96. The van der Waals surface area contributed by atoms with E-state index in [0.29, 0.717) is 23.6 Å². The van der Waals surface area contributed by atoms with Gasteiger partial charge in [0.05, 0.1) is 38.0 Å². The highest BCUT2D eigenvalue weighted by Gasteiger charge is 2.32. The number of carbonyl (C=O) groups is 1. The van der Waals surface area contributed by atoms with Gasteiger partial charge in [-0.3, -0.25) is 4.79 Å². The fourth-order valence-electron chi connectivity index (χ4n) is 2.52. The normalized spacial score (nSPS) is 19.2. The zero-order valence-corrected chi connectivity index (χ0v) is 14.4. The molecule has 1 saturated heterocycles. The molecule has 0 bridgehead atoms. The molecule has 128 valence electrons. The Morgan fingerprint density at radius 1 is 1.35 bits per heavy atom. The summed E-state index contributed by atoms with van der Waals surface area (Å²) >= 11 is 0. The number of anilines is 1. The van der Waals surface area contributed by atoms with E-state index in [1.165, 1.54) is 12.0 Å². The van der Waals surface area contributed by atoms with E-state index in [2.05, 4.69) is 5.32 Å². The number of sulfone groups is 1. The highest BCUT2D eigenvalue weighted by molar-refractivity contribution is 7.91. The van der Waals surface area contributed by atoms with Crippen LogP contribution in [-0.2, 0) is 14.6 Å². The summed E-state index contributed by atoms with van der Waals surface area (Å²) in [6.07, 6.45) is 0.496. The molecule has 0 aliphatic carbocycles. The van der Waals surface area contributed by atoms with E-state index in [9.17, 15) is 13.2 Å². The van der Waals surface area contributed by atoms with Crippen LogP contribution in [0.25, 0.3) is 0 Å². The third-order valence-corrected chi connectivity index (χ3v) is 5.74. The van der Waals surface area contributed by atoms with E-state index in [1.807, 2.05) is 0 Å². The minimum atomic E-state index is -3.01. The van der Waals surface area contributed by atoms with E-state index in [-0.39, 0.29) is 30.0 Å². The second kappa shape index (κ2) is 7.08. The molecule has 0 saturated carbocycles. The van der Waals surface area contributed by atoms with Gasteiger partial charge in [-0.2, -0.15) is 0 Å². The summed E-state index contributed by atoms with van der Waals surface area (Å²) in [5.41, 5.74) is 0.675. The lowest BCUT2D eigenvalue weighted by Gasteiger charge is -2.24. The van der Waals surface area contributed by atoms with Crippen molar-refractivity contribution in [2.24, 2.45) is 0 Å². The standard InChI is InChI=1S/C15H22N2O5S/c1-17(11-6-7-23(19,20)10-11)15(18)9-16-13-5-4-12(21-2)8-14(13)22-3/h4-5,8,11,16H,6-7,9-10H2,1-3H3. The van der Waals surface area contributed by atoms with E-state index in [4.69, 9.17) is 9.47 Å². The highest BCUT2D eigenvalue weighted by atomic mass is 32.2.